The first-order valence-corrected chi connectivity index (χ1v) is 7.33. The van der Waals surface area contributed by atoms with Crippen LogP contribution in [0.5, 0.6) is 0 Å². The van der Waals surface area contributed by atoms with Crippen LogP contribution in [-0.2, 0) is 0 Å². The molecule has 0 aromatic heterocycles. The van der Waals surface area contributed by atoms with Crippen LogP contribution in [0.2, 0.25) is 10.0 Å². The zero-order valence-corrected chi connectivity index (χ0v) is 12.5. The Bertz CT molecular complexity index is 367. The molecule has 0 bridgehead atoms. The summed E-state index contributed by atoms with van der Waals surface area (Å²) >= 11 is 15.8. The molecule has 0 radical (unpaired) electrons. The van der Waals surface area contributed by atoms with Crippen molar-refractivity contribution < 1.29 is 0 Å². The molecule has 1 atom stereocenters. The Morgan fingerprint density at radius 1 is 1.18 bits per heavy atom. The Kier molecular flexibility index (Phi) is 4.97. The minimum atomic E-state index is 0.446. The zero-order chi connectivity index (χ0) is 12.3. The Hall–Kier alpha value is 0.0400. The predicted molar refractivity (Wildman–Crippen MR) is 78.3 cm³/mol. The van der Waals surface area contributed by atoms with Gasteiger partial charge < -0.3 is 10.6 Å². The first kappa shape index (κ1) is 13.5. The fourth-order valence-electron chi connectivity index (χ4n) is 2.05. The average Bonchev–Trinajstić information content (AvgIpc) is 2.51. The number of halogens is 3. The minimum absolute atomic E-state index is 0.446. The lowest BCUT2D eigenvalue weighted by atomic mass is 10.1. The van der Waals surface area contributed by atoms with Gasteiger partial charge in [0.05, 0.1) is 15.7 Å². The molecule has 2 N–H and O–H groups in total. The van der Waals surface area contributed by atoms with E-state index in [1.165, 1.54) is 6.42 Å². The van der Waals surface area contributed by atoms with Gasteiger partial charge in [0.2, 0.25) is 0 Å². The second-order valence-electron chi connectivity index (χ2n) is 4.27. The summed E-state index contributed by atoms with van der Waals surface area (Å²) in [6.07, 6.45) is 3.43. The third kappa shape index (κ3) is 3.75. The molecule has 94 valence electrons. The Labute approximate surface area is 120 Å². The highest BCUT2D eigenvalue weighted by atomic mass is 79.9. The van der Waals surface area contributed by atoms with Crippen LogP contribution in [0.15, 0.2) is 16.6 Å². The van der Waals surface area contributed by atoms with Gasteiger partial charge in [-0.1, -0.05) is 39.1 Å². The summed E-state index contributed by atoms with van der Waals surface area (Å²) in [6, 6.07) is 4.18. The predicted octanol–water partition coefficient (Wildman–Crippen LogP) is 4.31. The van der Waals surface area contributed by atoms with Gasteiger partial charge in [-0.05, 0) is 44.5 Å². The number of benzene rings is 1. The van der Waals surface area contributed by atoms with E-state index in [1.807, 2.05) is 12.1 Å². The molecule has 2 nitrogen and oxygen atoms in total. The second-order valence-corrected chi connectivity index (χ2v) is 6.00. The fraction of sp³-hybridized carbons (Fsp3) is 0.500. The van der Waals surface area contributed by atoms with Gasteiger partial charge in [-0.2, -0.15) is 0 Å². The lowest BCUT2D eigenvalue weighted by Crippen LogP contribution is -2.21. The first-order valence-electron chi connectivity index (χ1n) is 5.78. The number of nitrogens with one attached hydrogen (secondary N) is 2. The van der Waals surface area contributed by atoms with Crippen LogP contribution in [0, 0.1) is 0 Å². The molecule has 1 heterocycles. The van der Waals surface area contributed by atoms with Crippen LogP contribution < -0.4 is 10.6 Å². The van der Waals surface area contributed by atoms with E-state index in [1.54, 1.807) is 0 Å². The number of rotatable bonds is 2. The van der Waals surface area contributed by atoms with Crippen molar-refractivity contribution in [1.82, 2.24) is 5.32 Å². The Balaban J connectivity index is 2.11. The van der Waals surface area contributed by atoms with Crippen LogP contribution in [0.4, 0.5) is 5.69 Å². The van der Waals surface area contributed by atoms with E-state index in [9.17, 15) is 0 Å². The standard InChI is InChI=1S/C12H15BrCl2N2/c13-8-6-10(14)12(11(15)7-8)17-9-2-1-4-16-5-3-9/h6-7,9,16-17H,1-5H2. The molecule has 0 amide bonds. The maximum Gasteiger partial charge on any atom is 0.0721 e. The molecular weight excluding hydrogens is 323 g/mol. The number of anilines is 1. The third-order valence-corrected chi connectivity index (χ3v) is 3.99. The van der Waals surface area contributed by atoms with E-state index in [4.69, 9.17) is 23.2 Å². The topological polar surface area (TPSA) is 24.1 Å². The smallest absolute Gasteiger partial charge is 0.0721 e. The van der Waals surface area contributed by atoms with E-state index < -0.39 is 0 Å². The van der Waals surface area contributed by atoms with E-state index in [0.717, 1.165) is 36.1 Å². The van der Waals surface area contributed by atoms with Gasteiger partial charge in [-0.3, -0.25) is 0 Å². The van der Waals surface area contributed by atoms with Gasteiger partial charge in [0.25, 0.3) is 0 Å². The zero-order valence-electron chi connectivity index (χ0n) is 9.40. The van der Waals surface area contributed by atoms with Crippen molar-refractivity contribution in [2.45, 2.75) is 25.3 Å². The quantitative estimate of drug-likeness (QED) is 0.840. The normalized spacial score (nSPS) is 21.0. The molecule has 1 fully saturated rings. The summed E-state index contributed by atoms with van der Waals surface area (Å²) in [4.78, 5) is 0. The van der Waals surface area contributed by atoms with Gasteiger partial charge in [0.15, 0.2) is 0 Å². The highest BCUT2D eigenvalue weighted by Crippen LogP contribution is 2.34. The van der Waals surface area contributed by atoms with Crippen molar-refractivity contribution in [2.75, 3.05) is 18.4 Å². The summed E-state index contributed by atoms with van der Waals surface area (Å²) in [5.74, 6) is 0. The summed E-state index contributed by atoms with van der Waals surface area (Å²) in [5, 5.41) is 8.18. The highest BCUT2D eigenvalue weighted by Gasteiger charge is 2.15. The molecule has 2 rings (SSSR count). The van der Waals surface area contributed by atoms with Gasteiger partial charge in [-0.25, -0.2) is 0 Å². The molecular formula is C12H15BrCl2N2. The summed E-state index contributed by atoms with van der Waals surface area (Å²) in [6.45, 7) is 2.14. The van der Waals surface area contributed by atoms with Crippen molar-refractivity contribution in [1.29, 1.82) is 0 Å². The minimum Gasteiger partial charge on any atom is -0.380 e. The summed E-state index contributed by atoms with van der Waals surface area (Å²) in [7, 11) is 0. The molecule has 0 aliphatic carbocycles. The highest BCUT2D eigenvalue weighted by molar-refractivity contribution is 9.10. The molecule has 5 heteroatoms. The van der Waals surface area contributed by atoms with Crippen molar-refractivity contribution in [3.05, 3.63) is 26.7 Å². The van der Waals surface area contributed by atoms with Crippen LogP contribution >= 0.6 is 39.1 Å². The number of hydrogen-bond acceptors (Lipinski definition) is 2. The van der Waals surface area contributed by atoms with Gasteiger partial charge in [0, 0.05) is 10.5 Å². The molecule has 1 aromatic rings. The monoisotopic (exact) mass is 336 g/mol. The van der Waals surface area contributed by atoms with Crippen molar-refractivity contribution in [3.63, 3.8) is 0 Å². The lowest BCUT2D eigenvalue weighted by molar-refractivity contribution is 0.637. The molecule has 1 saturated heterocycles. The maximum absolute atomic E-state index is 6.20. The van der Waals surface area contributed by atoms with Crippen LogP contribution in [0.25, 0.3) is 0 Å². The average molecular weight is 338 g/mol. The molecule has 0 spiro atoms. The molecule has 17 heavy (non-hydrogen) atoms. The SMILES string of the molecule is Clc1cc(Br)cc(Cl)c1NC1CCCNCC1. The maximum atomic E-state index is 6.20. The fourth-order valence-corrected chi connectivity index (χ4v) is 3.37. The van der Waals surface area contributed by atoms with Gasteiger partial charge >= 0.3 is 0 Å². The molecule has 1 aliphatic rings. The second kappa shape index (κ2) is 6.28. The van der Waals surface area contributed by atoms with Crippen molar-refractivity contribution in [3.8, 4) is 0 Å². The van der Waals surface area contributed by atoms with Crippen LogP contribution in [0.1, 0.15) is 19.3 Å². The van der Waals surface area contributed by atoms with Gasteiger partial charge in [0.1, 0.15) is 0 Å². The Morgan fingerprint density at radius 3 is 2.59 bits per heavy atom. The van der Waals surface area contributed by atoms with E-state index in [-0.39, 0.29) is 0 Å². The summed E-state index contributed by atoms with van der Waals surface area (Å²) in [5.41, 5.74) is 0.850. The van der Waals surface area contributed by atoms with Crippen LogP contribution in [0.3, 0.4) is 0 Å². The van der Waals surface area contributed by atoms with E-state index in [2.05, 4.69) is 26.6 Å². The van der Waals surface area contributed by atoms with Gasteiger partial charge in [-0.15, -0.1) is 0 Å². The summed E-state index contributed by atoms with van der Waals surface area (Å²) < 4.78 is 0.903. The molecule has 1 unspecified atom stereocenters. The number of hydrogen-bond donors (Lipinski definition) is 2. The lowest BCUT2D eigenvalue weighted by Gasteiger charge is -2.19. The first-order chi connectivity index (χ1) is 8.16. The van der Waals surface area contributed by atoms with Crippen LogP contribution in [-0.4, -0.2) is 19.1 Å². The third-order valence-electron chi connectivity index (χ3n) is 2.93. The van der Waals surface area contributed by atoms with E-state index >= 15 is 0 Å². The van der Waals surface area contributed by atoms with Crippen molar-refractivity contribution in [2.24, 2.45) is 0 Å². The van der Waals surface area contributed by atoms with E-state index in [0.29, 0.717) is 16.1 Å². The molecule has 1 aliphatic heterocycles. The van der Waals surface area contributed by atoms with Crippen molar-refractivity contribution >= 4 is 44.8 Å². The Morgan fingerprint density at radius 2 is 1.88 bits per heavy atom. The largest absolute Gasteiger partial charge is 0.380 e. The molecule has 1 aromatic carbocycles. The molecule has 0 saturated carbocycles.